The molecule has 160 valence electrons. The van der Waals surface area contributed by atoms with Crippen molar-refractivity contribution >= 4 is 5.91 Å². The number of aryl methyl sites for hydroxylation is 2. The minimum absolute atomic E-state index is 0.00538. The summed E-state index contributed by atoms with van der Waals surface area (Å²) < 4.78 is 11.8. The molecule has 3 aromatic rings. The summed E-state index contributed by atoms with van der Waals surface area (Å²) in [5.41, 5.74) is 3.66. The van der Waals surface area contributed by atoms with E-state index >= 15 is 0 Å². The molecule has 7 nitrogen and oxygen atoms in total. The van der Waals surface area contributed by atoms with Gasteiger partial charge in [0, 0.05) is 55.2 Å². The Kier molecular flexibility index (Phi) is 5.06. The van der Waals surface area contributed by atoms with Crippen LogP contribution in [0.3, 0.4) is 0 Å². The average molecular weight is 418 g/mol. The minimum Gasteiger partial charge on any atom is -0.420 e. The molecule has 1 atom stereocenters. The number of carbonyl (C=O) groups excluding carboxylic acids is 1. The predicted molar refractivity (Wildman–Crippen MR) is 115 cm³/mol. The molecule has 0 aliphatic carbocycles. The van der Waals surface area contributed by atoms with Gasteiger partial charge in [-0.25, -0.2) is 0 Å². The van der Waals surface area contributed by atoms with Crippen molar-refractivity contribution < 1.29 is 13.9 Å². The van der Waals surface area contributed by atoms with E-state index in [1.165, 1.54) is 0 Å². The number of carbonyl (C=O) groups is 1. The summed E-state index contributed by atoms with van der Waals surface area (Å²) in [5, 5.41) is 8.69. The molecule has 7 heteroatoms. The van der Waals surface area contributed by atoms with Gasteiger partial charge in [0.2, 0.25) is 11.8 Å². The van der Waals surface area contributed by atoms with E-state index in [0.29, 0.717) is 38.1 Å². The highest BCUT2D eigenvalue weighted by molar-refractivity contribution is 5.96. The van der Waals surface area contributed by atoms with Crippen LogP contribution in [-0.4, -0.2) is 52.3 Å². The van der Waals surface area contributed by atoms with Gasteiger partial charge in [0.15, 0.2) is 0 Å². The van der Waals surface area contributed by atoms with Crippen LogP contribution in [-0.2, 0) is 4.74 Å². The van der Waals surface area contributed by atoms with Crippen LogP contribution >= 0.6 is 0 Å². The zero-order chi connectivity index (χ0) is 21.4. The molecule has 0 saturated carbocycles. The van der Waals surface area contributed by atoms with Crippen LogP contribution in [0.5, 0.6) is 0 Å². The zero-order valence-electron chi connectivity index (χ0n) is 17.9. The van der Waals surface area contributed by atoms with E-state index in [4.69, 9.17) is 9.15 Å². The second-order valence-corrected chi connectivity index (χ2v) is 8.71. The third kappa shape index (κ3) is 3.63. The minimum atomic E-state index is -0.103. The van der Waals surface area contributed by atoms with Crippen molar-refractivity contribution in [3.8, 4) is 11.5 Å². The Balaban J connectivity index is 1.46. The standard InChI is InChI=1S/C24H26N4O3/c1-16-3-4-19(17(2)13-16)23(29)28-14-20(24(15-28)7-11-30-12-8-24)22-27-26-21(31-22)18-5-9-25-10-6-18/h3-6,9-10,13,20H,7-8,11-12,14-15H2,1-2H3. The fraction of sp³-hybridized carbons (Fsp3) is 0.417. The maximum Gasteiger partial charge on any atom is 0.254 e. The number of ether oxygens (including phenoxy) is 1. The van der Waals surface area contributed by atoms with E-state index in [0.717, 1.165) is 35.1 Å². The molecule has 2 aromatic heterocycles. The largest absolute Gasteiger partial charge is 0.420 e. The number of hydrogen-bond acceptors (Lipinski definition) is 6. The monoisotopic (exact) mass is 418 g/mol. The van der Waals surface area contributed by atoms with Gasteiger partial charge < -0.3 is 14.1 Å². The second-order valence-electron chi connectivity index (χ2n) is 8.71. The van der Waals surface area contributed by atoms with Crippen molar-refractivity contribution in [2.45, 2.75) is 32.6 Å². The van der Waals surface area contributed by atoms with Crippen LogP contribution < -0.4 is 0 Å². The third-order valence-corrected chi connectivity index (χ3v) is 6.70. The van der Waals surface area contributed by atoms with Gasteiger partial charge in [-0.3, -0.25) is 9.78 Å². The molecular weight excluding hydrogens is 392 g/mol. The number of rotatable bonds is 3. The first-order valence-electron chi connectivity index (χ1n) is 10.7. The summed E-state index contributed by atoms with van der Waals surface area (Å²) >= 11 is 0. The number of likely N-dealkylation sites (tertiary alicyclic amines) is 1. The quantitative estimate of drug-likeness (QED) is 0.644. The summed E-state index contributed by atoms with van der Waals surface area (Å²) in [4.78, 5) is 19.4. The van der Waals surface area contributed by atoms with E-state index in [9.17, 15) is 4.79 Å². The van der Waals surface area contributed by atoms with Gasteiger partial charge in [-0.1, -0.05) is 17.7 Å². The third-order valence-electron chi connectivity index (χ3n) is 6.70. The van der Waals surface area contributed by atoms with Crippen LogP contribution in [0.15, 0.2) is 47.1 Å². The number of aromatic nitrogens is 3. The summed E-state index contributed by atoms with van der Waals surface area (Å²) in [7, 11) is 0. The lowest BCUT2D eigenvalue weighted by Gasteiger charge is -2.36. The number of pyridine rings is 1. The molecule has 31 heavy (non-hydrogen) atoms. The fourth-order valence-corrected chi connectivity index (χ4v) is 4.96. The van der Waals surface area contributed by atoms with Crippen molar-refractivity contribution in [1.82, 2.24) is 20.1 Å². The van der Waals surface area contributed by atoms with Gasteiger partial charge in [-0.15, -0.1) is 10.2 Å². The van der Waals surface area contributed by atoms with E-state index in [-0.39, 0.29) is 17.2 Å². The van der Waals surface area contributed by atoms with Gasteiger partial charge >= 0.3 is 0 Å². The fourth-order valence-electron chi connectivity index (χ4n) is 4.96. The van der Waals surface area contributed by atoms with Crippen molar-refractivity contribution in [3.05, 3.63) is 65.3 Å². The summed E-state index contributed by atoms with van der Waals surface area (Å²) in [6.45, 7) is 6.67. The Hall–Kier alpha value is -3.06. The summed E-state index contributed by atoms with van der Waals surface area (Å²) in [6, 6.07) is 9.70. The molecule has 0 N–H and O–H groups in total. The van der Waals surface area contributed by atoms with Crippen molar-refractivity contribution in [2.24, 2.45) is 5.41 Å². The van der Waals surface area contributed by atoms with Gasteiger partial charge in [-0.2, -0.15) is 0 Å². The van der Waals surface area contributed by atoms with Crippen molar-refractivity contribution in [2.75, 3.05) is 26.3 Å². The van der Waals surface area contributed by atoms with Crippen molar-refractivity contribution in [1.29, 1.82) is 0 Å². The average Bonchev–Trinajstić information content (AvgIpc) is 3.40. The molecule has 1 unspecified atom stereocenters. The zero-order valence-corrected chi connectivity index (χ0v) is 17.9. The van der Waals surface area contributed by atoms with E-state index < -0.39 is 0 Å². The van der Waals surface area contributed by atoms with Crippen LogP contribution in [0, 0.1) is 19.3 Å². The maximum absolute atomic E-state index is 13.4. The highest BCUT2D eigenvalue weighted by Gasteiger charge is 2.51. The molecule has 1 amide bonds. The molecule has 1 spiro atoms. The van der Waals surface area contributed by atoms with Gasteiger partial charge in [0.25, 0.3) is 5.91 Å². The molecule has 2 aliphatic rings. The van der Waals surface area contributed by atoms with Crippen LogP contribution in [0.25, 0.3) is 11.5 Å². The van der Waals surface area contributed by atoms with Crippen LogP contribution in [0.1, 0.15) is 46.1 Å². The molecule has 2 fully saturated rings. The SMILES string of the molecule is Cc1ccc(C(=O)N2CC(c3nnc(-c4ccncc4)o3)C3(CCOCC3)C2)c(C)c1. The van der Waals surface area contributed by atoms with E-state index in [1.54, 1.807) is 12.4 Å². The van der Waals surface area contributed by atoms with E-state index in [1.807, 2.05) is 43.0 Å². The molecule has 0 bridgehead atoms. The number of hydrogen-bond donors (Lipinski definition) is 0. The highest BCUT2D eigenvalue weighted by Crippen LogP contribution is 2.49. The first-order valence-corrected chi connectivity index (χ1v) is 10.7. The molecule has 2 saturated heterocycles. The Labute approximate surface area is 181 Å². The van der Waals surface area contributed by atoms with E-state index in [2.05, 4.69) is 21.2 Å². The highest BCUT2D eigenvalue weighted by atomic mass is 16.5. The Morgan fingerprint density at radius 3 is 2.61 bits per heavy atom. The molecule has 5 rings (SSSR count). The van der Waals surface area contributed by atoms with Gasteiger partial charge in [0.05, 0.1) is 5.92 Å². The predicted octanol–water partition coefficient (Wildman–Crippen LogP) is 3.78. The van der Waals surface area contributed by atoms with Crippen molar-refractivity contribution in [3.63, 3.8) is 0 Å². The smallest absolute Gasteiger partial charge is 0.254 e. The van der Waals surface area contributed by atoms with Gasteiger partial charge in [-0.05, 0) is 50.5 Å². The van der Waals surface area contributed by atoms with Crippen LogP contribution in [0.4, 0.5) is 0 Å². The normalized spacial score (nSPS) is 20.3. The lowest BCUT2D eigenvalue weighted by molar-refractivity contribution is 0.00908. The molecule has 0 radical (unpaired) electrons. The molecule has 4 heterocycles. The van der Waals surface area contributed by atoms with Crippen LogP contribution in [0.2, 0.25) is 0 Å². The topological polar surface area (TPSA) is 81.4 Å². The maximum atomic E-state index is 13.4. The second kappa shape index (κ2) is 7.89. The molecule has 2 aliphatic heterocycles. The lowest BCUT2D eigenvalue weighted by Crippen LogP contribution is -2.37. The Bertz CT molecular complexity index is 1090. The Morgan fingerprint density at radius 1 is 1.10 bits per heavy atom. The van der Waals surface area contributed by atoms with Gasteiger partial charge in [0.1, 0.15) is 0 Å². The number of nitrogens with zero attached hydrogens (tertiary/aromatic N) is 4. The number of benzene rings is 1. The number of amides is 1. The lowest BCUT2D eigenvalue weighted by atomic mass is 9.72. The summed E-state index contributed by atoms with van der Waals surface area (Å²) in [6.07, 6.45) is 5.17. The Morgan fingerprint density at radius 2 is 1.87 bits per heavy atom. The summed E-state index contributed by atoms with van der Waals surface area (Å²) in [5.74, 6) is 1.15. The molecule has 1 aromatic carbocycles. The molecular formula is C24H26N4O3. The first kappa shape index (κ1) is 19.9. The first-order chi connectivity index (χ1) is 15.1.